The smallest absolute Gasteiger partial charge is 0.239 e. The van der Waals surface area contributed by atoms with Crippen LogP contribution in [0.4, 0.5) is 0 Å². The number of carbonyl (C=O) groups is 1. The van der Waals surface area contributed by atoms with Gasteiger partial charge in [-0.2, -0.15) is 11.8 Å². The SMILES string of the molecule is CC[C@@H](N)C(=O)N(CC1CCCO1)C1CCSC1. The molecule has 0 aromatic heterocycles. The summed E-state index contributed by atoms with van der Waals surface area (Å²) >= 11 is 1.93. The fraction of sp³-hybridized carbons (Fsp3) is 0.923. The van der Waals surface area contributed by atoms with Crippen LogP contribution in [0.3, 0.4) is 0 Å². The Balaban J connectivity index is 1.98. The molecule has 2 N–H and O–H groups in total. The van der Waals surface area contributed by atoms with Gasteiger partial charge in [-0.1, -0.05) is 6.92 Å². The second kappa shape index (κ2) is 6.78. The summed E-state index contributed by atoms with van der Waals surface area (Å²) in [6, 6.07) is 0.0151. The van der Waals surface area contributed by atoms with E-state index < -0.39 is 0 Å². The van der Waals surface area contributed by atoms with Crippen molar-refractivity contribution in [1.82, 2.24) is 4.90 Å². The van der Waals surface area contributed by atoms with E-state index >= 15 is 0 Å². The van der Waals surface area contributed by atoms with Crippen LogP contribution in [0.1, 0.15) is 32.6 Å². The lowest BCUT2D eigenvalue weighted by atomic mass is 10.1. The van der Waals surface area contributed by atoms with Crippen molar-refractivity contribution < 1.29 is 9.53 Å². The first kappa shape index (κ1) is 14.2. The molecule has 0 bridgehead atoms. The summed E-state index contributed by atoms with van der Waals surface area (Å²) in [4.78, 5) is 14.4. The van der Waals surface area contributed by atoms with E-state index in [1.54, 1.807) is 0 Å². The molecular weight excluding hydrogens is 248 g/mol. The molecule has 2 aliphatic heterocycles. The van der Waals surface area contributed by atoms with Crippen LogP contribution in [0.15, 0.2) is 0 Å². The summed E-state index contributed by atoms with van der Waals surface area (Å²) in [6.45, 7) is 3.54. The number of nitrogens with zero attached hydrogens (tertiary/aromatic N) is 1. The van der Waals surface area contributed by atoms with Crippen molar-refractivity contribution >= 4 is 17.7 Å². The number of carbonyl (C=O) groups excluding carboxylic acids is 1. The summed E-state index contributed by atoms with van der Waals surface area (Å²) in [5, 5.41) is 0. The number of rotatable bonds is 5. The third-order valence-corrected chi connectivity index (χ3v) is 4.96. The van der Waals surface area contributed by atoms with E-state index in [0.717, 1.165) is 43.9 Å². The van der Waals surface area contributed by atoms with E-state index in [1.807, 2.05) is 23.6 Å². The molecular formula is C13H24N2O2S. The van der Waals surface area contributed by atoms with E-state index in [0.29, 0.717) is 12.5 Å². The molecule has 2 heterocycles. The highest BCUT2D eigenvalue weighted by molar-refractivity contribution is 7.99. The fourth-order valence-electron chi connectivity index (χ4n) is 2.58. The van der Waals surface area contributed by atoms with Crippen LogP contribution in [0.25, 0.3) is 0 Å². The molecule has 2 aliphatic rings. The van der Waals surface area contributed by atoms with E-state index in [-0.39, 0.29) is 18.1 Å². The van der Waals surface area contributed by atoms with Gasteiger partial charge in [0, 0.05) is 24.9 Å². The Hall–Kier alpha value is -0.260. The van der Waals surface area contributed by atoms with E-state index in [4.69, 9.17) is 10.5 Å². The Morgan fingerprint density at radius 2 is 2.39 bits per heavy atom. The maximum atomic E-state index is 12.4. The Bertz CT molecular complexity index is 276. The van der Waals surface area contributed by atoms with E-state index in [9.17, 15) is 4.79 Å². The summed E-state index contributed by atoms with van der Waals surface area (Å²) in [5.41, 5.74) is 5.92. The lowest BCUT2D eigenvalue weighted by Crippen LogP contribution is -2.51. The van der Waals surface area contributed by atoms with Gasteiger partial charge in [-0.05, 0) is 31.4 Å². The van der Waals surface area contributed by atoms with Crippen molar-refractivity contribution in [2.75, 3.05) is 24.7 Å². The average Bonchev–Trinajstić information content (AvgIpc) is 3.06. The molecule has 0 saturated carbocycles. The molecule has 2 saturated heterocycles. The highest BCUT2D eigenvalue weighted by Gasteiger charge is 2.32. The van der Waals surface area contributed by atoms with Gasteiger partial charge in [-0.15, -0.1) is 0 Å². The summed E-state index contributed by atoms with van der Waals surface area (Å²) < 4.78 is 5.67. The minimum atomic E-state index is -0.350. The normalized spacial score (nSPS) is 29.4. The maximum absolute atomic E-state index is 12.4. The van der Waals surface area contributed by atoms with Gasteiger partial charge < -0.3 is 15.4 Å². The number of hydrogen-bond acceptors (Lipinski definition) is 4. The molecule has 5 heteroatoms. The Morgan fingerprint density at radius 3 is 2.94 bits per heavy atom. The number of thioether (sulfide) groups is 1. The van der Waals surface area contributed by atoms with Gasteiger partial charge in [0.15, 0.2) is 0 Å². The number of nitrogens with two attached hydrogens (primary N) is 1. The highest BCUT2D eigenvalue weighted by Crippen LogP contribution is 2.25. The molecule has 2 unspecified atom stereocenters. The Kier molecular flexibility index (Phi) is 5.33. The van der Waals surface area contributed by atoms with Crippen molar-refractivity contribution in [3.8, 4) is 0 Å². The van der Waals surface area contributed by atoms with E-state index in [1.165, 1.54) is 0 Å². The van der Waals surface area contributed by atoms with Crippen molar-refractivity contribution in [2.24, 2.45) is 5.73 Å². The first-order valence-electron chi connectivity index (χ1n) is 6.97. The quantitative estimate of drug-likeness (QED) is 0.818. The zero-order valence-corrected chi connectivity index (χ0v) is 12.0. The van der Waals surface area contributed by atoms with E-state index in [2.05, 4.69) is 0 Å². The number of amides is 1. The largest absolute Gasteiger partial charge is 0.376 e. The summed E-state index contributed by atoms with van der Waals surface area (Å²) in [7, 11) is 0. The maximum Gasteiger partial charge on any atom is 0.239 e. The van der Waals surface area contributed by atoms with Crippen molar-refractivity contribution in [1.29, 1.82) is 0 Å². The Labute approximate surface area is 114 Å². The minimum absolute atomic E-state index is 0.112. The predicted molar refractivity (Wildman–Crippen MR) is 74.7 cm³/mol. The zero-order chi connectivity index (χ0) is 13.0. The van der Waals surface area contributed by atoms with Gasteiger partial charge in [0.1, 0.15) is 0 Å². The summed E-state index contributed by atoms with van der Waals surface area (Å²) in [5.74, 6) is 2.32. The van der Waals surface area contributed by atoms with Gasteiger partial charge in [0.25, 0.3) is 0 Å². The lowest BCUT2D eigenvalue weighted by molar-refractivity contribution is -0.136. The monoisotopic (exact) mass is 272 g/mol. The number of ether oxygens (including phenoxy) is 1. The summed E-state index contributed by atoms with van der Waals surface area (Å²) in [6.07, 6.45) is 4.22. The van der Waals surface area contributed by atoms with Crippen LogP contribution >= 0.6 is 11.8 Å². The van der Waals surface area contributed by atoms with Crippen LogP contribution in [0.2, 0.25) is 0 Å². The molecule has 0 aromatic rings. The van der Waals surface area contributed by atoms with Crippen molar-refractivity contribution in [3.05, 3.63) is 0 Å². The van der Waals surface area contributed by atoms with Crippen LogP contribution in [-0.2, 0) is 9.53 Å². The molecule has 0 aliphatic carbocycles. The molecule has 0 radical (unpaired) electrons. The third-order valence-electron chi connectivity index (χ3n) is 3.81. The molecule has 2 rings (SSSR count). The molecule has 2 fully saturated rings. The fourth-order valence-corrected chi connectivity index (χ4v) is 3.81. The zero-order valence-electron chi connectivity index (χ0n) is 11.1. The second-order valence-electron chi connectivity index (χ2n) is 5.16. The lowest BCUT2D eigenvalue weighted by Gasteiger charge is -2.32. The number of hydrogen-bond donors (Lipinski definition) is 1. The van der Waals surface area contributed by atoms with Gasteiger partial charge in [-0.25, -0.2) is 0 Å². The minimum Gasteiger partial charge on any atom is -0.376 e. The standard InChI is InChI=1S/C13H24N2O2S/c1-2-12(14)13(16)15(10-5-7-18-9-10)8-11-4-3-6-17-11/h10-12H,2-9,14H2,1H3/t10?,11?,12-/m1/s1. The van der Waals surface area contributed by atoms with Crippen molar-refractivity contribution in [2.45, 2.75) is 50.8 Å². The molecule has 3 atom stereocenters. The average molecular weight is 272 g/mol. The topological polar surface area (TPSA) is 55.6 Å². The van der Waals surface area contributed by atoms with Crippen LogP contribution in [-0.4, -0.2) is 53.7 Å². The van der Waals surface area contributed by atoms with Crippen molar-refractivity contribution in [3.63, 3.8) is 0 Å². The van der Waals surface area contributed by atoms with Gasteiger partial charge in [0.05, 0.1) is 12.1 Å². The molecule has 0 aromatic carbocycles. The molecule has 1 amide bonds. The predicted octanol–water partition coefficient (Wildman–Crippen LogP) is 1.24. The molecule has 104 valence electrons. The third kappa shape index (κ3) is 3.39. The van der Waals surface area contributed by atoms with Gasteiger partial charge in [0.2, 0.25) is 5.91 Å². The Morgan fingerprint density at radius 1 is 1.56 bits per heavy atom. The first-order valence-corrected chi connectivity index (χ1v) is 8.13. The second-order valence-corrected chi connectivity index (χ2v) is 6.31. The first-order chi connectivity index (χ1) is 8.72. The van der Waals surface area contributed by atoms with Crippen LogP contribution < -0.4 is 5.73 Å². The van der Waals surface area contributed by atoms with Gasteiger partial charge in [-0.3, -0.25) is 4.79 Å². The highest BCUT2D eigenvalue weighted by atomic mass is 32.2. The molecule has 4 nitrogen and oxygen atoms in total. The molecule has 18 heavy (non-hydrogen) atoms. The van der Waals surface area contributed by atoms with Crippen LogP contribution in [0, 0.1) is 0 Å². The van der Waals surface area contributed by atoms with Gasteiger partial charge >= 0.3 is 0 Å². The van der Waals surface area contributed by atoms with Crippen LogP contribution in [0.5, 0.6) is 0 Å². The molecule has 0 spiro atoms.